The van der Waals surface area contributed by atoms with Crippen molar-refractivity contribution < 1.29 is 14.3 Å². The molecule has 2 rings (SSSR count). The van der Waals surface area contributed by atoms with E-state index in [1.54, 1.807) is 6.07 Å². The molecule has 0 atom stereocenters. The van der Waals surface area contributed by atoms with Gasteiger partial charge in [-0.1, -0.05) is 25.1 Å². The summed E-state index contributed by atoms with van der Waals surface area (Å²) in [5.74, 6) is 0.128. The number of carbonyl (C=O) groups is 1. The molecule has 1 aliphatic rings. The lowest BCUT2D eigenvalue weighted by Crippen LogP contribution is -2.01. The van der Waals surface area contributed by atoms with Crippen LogP contribution in [0.1, 0.15) is 35.6 Å². The van der Waals surface area contributed by atoms with Crippen LogP contribution in [0, 0.1) is 0 Å². The number of carbonyl (C=O) groups excluding carboxylic acids is 1. The number of benzene rings is 1. The average Bonchev–Trinajstić information content (AvgIpc) is 2.82. The minimum absolute atomic E-state index is 0.128. The normalized spacial score (nSPS) is 14.7. The Morgan fingerprint density at radius 3 is 2.73 bits per heavy atom. The summed E-state index contributed by atoms with van der Waals surface area (Å²) in [4.78, 5) is 11.5. The molecule has 0 N–H and O–H groups in total. The van der Waals surface area contributed by atoms with Crippen molar-refractivity contribution >= 4 is 5.78 Å². The molecule has 0 aliphatic carbocycles. The highest BCUT2D eigenvalue weighted by atomic mass is 16.7. The summed E-state index contributed by atoms with van der Waals surface area (Å²) >= 11 is 0. The Morgan fingerprint density at radius 1 is 1.33 bits per heavy atom. The molecule has 0 spiro atoms. The van der Waals surface area contributed by atoms with E-state index in [1.807, 2.05) is 25.1 Å². The number of rotatable bonds is 3. The molecule has 0 unspecified atom stereocenters. The zero-order chi connectivity index (χ0) is 10.7. The number of hydrogen-bond donors (Lipinski definition) is 0. The Labute approximate surface area is 88.3 Å². The van der Waals surface area contributed by atoms with Gasteiger partial charge in [-0.15, -0.1) is 0 Å². The monoisotopic (exact) mass is 204 g/mol. The van der Waals surface area contributed by atoms with Gasteiger partial charge in [0.05, 0.1) is 0 Å². The molecule has 1 aromatic carbocycles. The fraction of sp³-hybridized carbons (Fsp3) is 0.250. The van der Waals surface area contributed by atoms with Crippen LogP contribution in [0.25, 0.3) is 0 Å². The summed E-state index contributed by atoms with van der Waals surface area (Å²) in [5, 5.41) is 0. The van der Waals surface area contributed by atoms with E-state index in [2.05, 4.69) is 0 Å². The van der Waals surface area contributed by atoms with Crippen LogP contribution in [0.2, 0.25) is 0 Å². The van der Waals surface area contributed by atoms with Crippen molar-refractivity contribution in [2.24, 2.45) is 0 Å². The van der Waals surface area contributed by atoms with E-state index in [0.29, 0.717) is 12.0 Å². The third kappa shape index (κ3) is 2.01. The Balaban J connectivity index is 2.22. The highest BCUT2D eigenvalue weighted by Crippen LogP contribution is 2.24. The lowest BCUT2D eigenvalue weighted by atomic mass is 10.1. The molecule has 1 aliphatic heterocycles. The molecule has 3 heteroatoms. The Morgan fingerprint density at radius 2 is 2.07 bits per heavy atom. The van der Waals surface area contributed by atoms with Crippen LogP contribution in [-0.4, -0.2) is 5.78 Å². The number of Topliss-reactive ketones (excluding diaryl/α,β-unsaturated/α-hetero) is 1. The Bertz CT molecular complexity index is 388. The Kier molecular flexibility index (Phi) is 2.72. The molecule has 1 aromatic rings. The maximum Gasteiger partial charge on any atom is 0.266 e. The fourth-order valence-corrected chi connectivity index (χ4v) is 1.46. The van der Waals surface area contributed by atoms with Crippen LogP contribution in [0.3, 0.4) is 0 Å². The zero-order valence-corrected chi connectivity index (χ0v) is 8.47. The van der Waals surface area contributed by atoms with Crippen molar-refractivity contribution in [2.75, 3.05) is 0 Å². The molecular weight excluding hydrogens is 192 g/mol. The smallest absolute Gasteiger partial charge is 0.266 e. The topological polar surface area (TPSA) is 35.5 Å². The van der Waals surface area contributed by atoms with E-state index in [1.165, 1.54) is 12.5 Å². The predicted octanol–water partition coefficient (Wildman–Crippen LogP) is 2.80. The van der Waals surface area contributed by atoms with E-state index in [9.17, 15) is 4.79 Å². The van der Waals surface area contributed by atoms with Crippen LogP contribution in [-0.2, 0) is 9.47 Å². The first-order valence-electron chi connectivity index (χ1n) is 4.90. The van der Waals surface area contributed by atoms with Crippen LogP contribution in [0.4, 0.5) is 0 Å². The molecule has 3 nitrogen and oxygen atoms in total. The number of hydrogen-bond acceptors (Lipinski definition) is 3. The lowest BCUT2D eigenvalue weighted by molar-refractivity contribution is -0.0246. The third-order valence-corrected chi connectivity index (χ3v) is 2.26. The van der Waals surface area contributed by atoms with Crippen LogP contribution in [0.5, 0.6) is 0 Å². The number of ketones is 1. The zero-order valence-electron chi connectivity index (χ0n) is 8.47. The summed E-state index contributed by atoms with van der Waals surface area (Å²) in [6.45, 7) is 1.85. The van der Waals surface area contributed by atoms with Crippen LogP contribution >= 0.6 is 0 Å². The van der Waals surface area contributed by atoms with E-state index in [0.717, 1.165) is 5.56 Å². The van der Waals surface area contributed by atoms with Gasteiger partial charge >= 0.3 is 0 Å². The maximum absolute atomic E-state index is 11.5. The van der Waals surface area contributed by atoms with Gasteiger partial charge in [-0.05, 0) is 6.07 Å². The molecule has 78 valence electrons. The maximum atomic E-state index is 11.5. The van der Waals surface area contributed by atoms with Crippen molar-refractivity contribution in [1.82, 2.24) is 0 Å². The van der Waals surface area contributed by atoms with E-state index in [4.69, 9.17) is 9.47 Å². The van der Waals surface area contributed by atoms with Gasteiger partial charge in [-0.2, -0.15) is 0 Å². The predicted molar refractivity (Wildman–Crippen MR) is 55.1 cm³/mol. The molecular formula is C12H12O3. The quantitative estimate of drug-likeness (QED) is 0.710. The SMILES string of the molecule is CCC(=O)c1cccc(C2OC=CO2)c1. The molecule has 0 radical (unpaired) electrons. The highest BCUT2D eigenvalue weighted by molar-refractivity contribution is 5.95. The van der Waals surface area contributed by atoms with Gasteiger partial charge < -0.3 is 9.47 Å². The first-order chi connectivity index (χ1) is 7.31. The van der Waals surface area contributed by atoms with Crippen LogP contribution < -0.4 is 0 Å². The molecule has 0 aromatic heterocycles. The molecule has 0 amide bonds. The molecule has 15 heavy (non-hydrogen) atoms. The van der Waals surface area contributed by atoms with Gasteiger partial charge in [-0.25, -0.2) is 0 Å². The van der Waals surface area contributed by atoms with Crippen molar-refractivity contribution in [2.45, 2.75) is 19.6 Å². The highest BCUT2D eigenvalue weighted by Gasteiger charge is 2.16. The van der Waals surface area contributed by atoms with E-state index < -0.39 is 6.29 Å². The summed E-state index contributed by atoms with van der Waals surface area (Å²) in [6, 6.07) is 7.33. The molecule has 0 bridgehead atoms. The van der Waals surface area contributed by atoms with Gasteiger partial charge in [0.25, 0.3) is 6.29 Å². The summed E-state index contributed by atoms with van der Waals surface area (Å²) in [5.41, 5.74) is 1.56. The van der Waals surface area contributed by atoms with Gasteiger partial charge in [0.15, 0.2) is 5.78 Å². The second-order valence-corrected chi connectivity index (χ2v) is 3.28. The van der Waals surface area contributed by atoms with Crippen molar-refractivity contribution in [3.8, 4) is 0 Å². The fourth-order valence-electron chi connectivity index (χ4n) is 1.46. The van der Waals surface area contributed by atoms with Crippen molar-refractivity contribution in [1.29, 1.82) is 0 Å². The number of ether oxygens (including phenoxy) is 2. The van der Waals surface area contributed by atoms with Crippen LogP contribution in [0.15, 0.2) is 36.8 Å². The van der Waals surface area contributed by atoms with E-state index in [-0.39, 0.29) is 5.78 Å². The minimum atomic E-state index is -0.408. The second-order valence-electron chi connectivity index (χ2n) is 3.28. The van der Waals surface area contributed by atoms with Gasteiger partial charge in [0.2, 0.25) is 0 Å². The minimum Gasteiger partial charge on any atom is -0.455 e. The first-order valence-corrected chi connectivity index (χ1v) is 4.90. The summed E-state index contributed by atoms with van der Waals surface area (Å²) < 4.78 is 10.4. The van der Waals surface area contributed by atoms with Gasteiger partial charge in [-0.3, -0.25) is 4.79 Å². The third-order valence-electron chi connectivity index (χ3n) is 2.26. The van der Waals surface area contributed by atoms with E-state index >= 15 is 0 Å². The van der Waals surface area contributed by atoms with Crippen molar-refractivity contribution in [3.63, 3.8) is 0 Å². The summed E-state index contributed by atoms with van der Waals surface area (Å²) in [7, 11) is 0. The average molecular weight is 204 g/mol. The Hall–Kier alpha value is -1.77. The largest absolute Gasteiger partial charge is 0.455 e. The van der Waals surface area contributed by atoms with Gasteiger partial charge in [0.1, 0.15) is 12.5 Å². The first kappa shape index (κ1) is 9.77. The lowest BCUT2D eigenvalue weighted by Gasteiger charge is -2.10. The molecule has 1 heterocycles. The molecule has 0 fully saturated rings. The van der Waals surface area contributed by atoms with Gasteiger partial charge in [0, 0.05) is 17.5 Å². The van der Waals surface area contributed by atoms with Crippen molar-refractivity contribution in [3.05, 3.63) is 47.9 Å². The molecule has 0 saturated heterocycles. The second kappa shape index (κ2) is 4.17. The molecule has 0 saturated carbocycles. The summed E-state index contributed by atoms with van der Waals surface area (Å²) in [6.07, 6.45) is 3.10. The standard InChI is InChI=1S/C12H12O3/c1-2-11(13)9-4-3-5-10(8-9)12-14-6-7-15-12/h3-8,12H,2H2,1H3.